The summed E-state index contributed by atoms with van der Waals surface area (Å²) in [6.07, 6.45) is 1.58. The molecule has 1 saturated heterocycles. The molecular weight excluding hydrogens is 346 g/mol. The van der Waals surface area contributed by atoms with Crippen LogP contribution in [0.15, 0.2) is 22.7 Å². The number of hydrogen-bond donors (Lipinski definition) is 0. The lowest BCUT2D eigenvalue weighted by Crippen LogP contribution is -2.44. The van der Waals surface area contributed by atoms with E-state index in [0.717, 1.165) is 28.6 Å². The van der Waals surface area contributed by atoms with Crippen molar-refractivity contribution in [1.29, 1.82) is 0 Å². The van der Waals surface area contributed by atoms with Gasteiger partial charge in [-0.05, 0) is 51.5 Å². The molecule has 1 aliphatic heterocycles. The molecule has 0 atom stereocenters. The number of piperidine rings is 1. The maximum absolute atomic E-state index is 12.0. The Morgan fingerprint density at radius 2 is 1.91 bits per heavy atom. The van der Waals surface area contributed by atoms with Gasteiger partial charge in [0.25, 0.3) is 0 Å². The molecule has 0 bridgehead atoms. The van der Waals surface area contributed by atoms with Gasteiger partial charge in [0.05, 0.1) is 0 Å². The maximum Gasteiger partial charge on any atom is 0.410 e. The third kappa shape index (κ3) is 4.90. The van der Waals surface area contributed by atoms with Crippen LogP contribution in [0.25, 0.3) is 0 Å². The lowest BCUT2D eigenvalue weighted by atomic mass is 10.1. The van der Waals surface area contributed by atoms with Crippen molar-refractivity contribution in [2.24, 2.45) is 0 Å². The number of hydrogen-bond acceptors (Lipinski definition) is 3. The predicted molar refractivity (Wildman–Crippen MR) is 90.3 cm³/mol. The van der Waals surface area contributed by atoms with Crippen LogP contribution in [0.5, 0.6) is 5.75 Å². The third-order valence-corrected chi connectivity index (χ3v) is 4.02. The SMILES string of the molecule is Cc1cc(Br)ccc1OC1CCN(C(=O)OC(C)(C)C)CC1. The molecule has 5 heteroatoms. The van der Waals surface area contributed by atoms with E-state index in [9.17, 15) is 4.79 Å². The molecule has 2 rings (SSSR count). The van der Waals surface area contributed by atoms with E-state index in [1.165, 1.54) is 0 Å². The van der Waals surface area contributed by atoms with Crippen molar-refractivity contribution in [2.45, 2.75) is 52.2 Å². The second-order valence-electron chi connectivity index (χ2n) is 6.69. The number of amides is 1. The quantitative estimate of drug-likeness (QED) is 0.768. The Kier molecular flexibility index (Phi) is 5.37. The Morgan fingerprint density at radius 1 is 1.27 bits per heavy atom. The van der Waals surface area contributed by atoms with Crippen molar-refractivity contribution in [3.05, 3.63) is 28.2 Å². The Bertz CT molecular complexity index is 531. The monoisotopic (exact) mass is 369 g/mol. The number of ether oxygens (including phenoxy) is 2. The normalized spacial score (nSPS) is 16.5. The van der Waals surface area contributed by atoms with Gasteiger partial charge >= 0.3 is 6.09 Å². The number of nitrogens with zero attached hydrogens (tertiary/aromatic N) is 1. The van der Waals surface area contributed by atoms with Crippen LogP contribution in [-0.4, -0.2) is 35.8 Å². The number of benzene rings is 1. The fourth-order valence-electron chi connectivity index (χ4n) is 2.41. The predicted octanol–water partition coefficient (Wildman–Crippen LogP) is 4.54. The molecule has 22 heavy (non-hydrogen) atoms. The molecule has 0 radical (unpaired) electrons. The van der Waals surface area contributed by atoms with Crippen LogP contribution >= 0.6 is 15.9 Å². The van der Waals surface area contributed by atoms with Gasteiger partial charge in [0.15, 0.2) is 0 Å². The van der Waals surface area contributed by atoms with Crippen LogP contribution in [0.4, 0.5) is 4.79 Å². The summed E-state index contributed by atoms with van der Waals surface area (Å²) < 4.78 is 12.5. The largest absolute Gasteiger partial charge is 0.490 e. The van der Waals surface area contributed by atoms with Gasteiger partial charge in [0.2, 0.25) is 0 Å². The molecule has 1 amide bonds. The molecular formula is C17H24BrNO3. The zero-order valence-electron chi connectivity index (χ0n) is 13.7. The highest BCUT2D eigenvalue weighted by Gasteiger charge is 2.27. The molecule has 4 nitrogen and oxygen atoms in total. The van der Waals surface area contributed by atoms with Crippen molar-refractivity contribution in [1.82, 2.24) is 4.90 Å². The topological polar surface area (TPSA) is 38.8 Å². The molecule has 1 aromatic carbocycles. The van der Waals surface area contributed by atoms with Gasteiger partial charge in [-0.1, -0.05) is 15.9 Å². The van der Waals surface area contributed by atoms with E-state index in [1.807, 2.05) is 45.9 Å². The highest BCUT2D eigenvalue weighted by molar-refractivity contribution is 9.10. The average molecular weight is 370 g/mol. The first-order valence-electron chi connectivity index (χ1n) is 7.65. The molecule has 1 aliphatic rings. The van der Waals surface area contributed by atoms with E-state index in [-0.39, 0.29) is 12.2 Å². The highest BCUT2D eigenvalue weighted by Crippen LogP contribution is 2.26. The van der Waals surface area contributed by atoms with Crippen LogP contribution in [0, 0.1) is 6.92 Å². The summed E-state index contributed by atoms with van der Waals surface area (Å²) in [6, 6.07) is 6.02. The number of halogens is 1. The summed E-state index contributed by atoms with van der Waals surface area (Å²) in [5, 5.41) is 0. The molecule has 1 heterocycles. The summed E-state index contributed by atoms with van der Waals surface area (Å²) in [6.45, 7) is 9.05. The lowest BCUT2D eigenvalue weighted by molar-refractivity contribution is 0.0126. The Labute approximate surface area is 140 Å². The molecule has 1 aromatic rings. The smallest absolute Gasteiger partial charge is 0.410 e. The van der Waals surface area contributed by atoms with E-state index in [0.29, 0.717) is 13.1 Å². The van der Waals surface area contributed by atoms with Crippen molar-refractivity contribution >= 4 is 22.0 Å². The van der Waals surface area contributed by atoms with Gasteiger partial charge in [0, 0.05) is 30.4 Å². The van der Waals surface area contributed by atoms with E-state index >= 15 is 0 Å². The van der Waals surface area contributed by atoms with E-state index in [4.69, 9.17) is 9.47 Å². The second-order valence-corrected chi connectivity index (χ2v) is 7.61. The van der Waals surface area contributed by atoms with Crippen LogP contribution < -0.4 is 4.74 Å². The fourth-order valence-corrected chi connectivity index (χ4v) is 2.88. The van der Waals surface area contributed by atoms with Crippen molar-refractivity contribution < 1.29 is 14.3 Å². The summed E-state index contributed by atoms with van der Waals surface area (Å²) in [7, 11) is 0. The summed E-state index contributed by atoms with van der Waals surface area (Å²) in [5.41, 5.74) is 0.669. The number of carbonyl (C=O) groups excluding carboxylic acids is 1. The summed E-state index contributed by atoms with van der Waals surface area (Å²) in [5.74, 6) is 0.916. The molecule has 1 fully saturated rings. The molecule has 0 spiro atoms. The summed E-state index contributed by atoms with van der Waals surface area (Å²) >= 11 is 3.46. The second kappa shape index (κ2) is 6.90. The Balaban J connectivity index is 1.86. The lowest BCUT2D eigenvalue weighted by Gasteiger charge is -2.33. The average Bonchev–Trinajstić information content (AvgIpc) is 2.41. The first kappa shape index (κ1) is 17.1. The van der Waals surface area contributed by atoms with Gasteiger partial charge < -0.3 is 14.4 Å². The minimum atomic E-state index is -0.445. The molecule has 0 unspecified atom stereocenters. The minimum absolute atomic E-state index is 0.151. The van der Waals surface area contributed by atoms with Crippen LogP contribution in [0.2, 0.25) is 0 Å². The maximum atomic E-state index is 12.0. The van der Waals surface area contributed by atoms with Crippen LogP contribution in [-0.2, 0) is 4.74 Å². The first-order chi connectivity index (χ1) is 10.2. The fraction of sp³-hybridized carbons (Fsp3) is 0.588. The van der Waals surface area contributed by atoms with Crippen LogP contribution in [0.3, 0.4) is 0 Å². The zero-order chi connectivity index (χ0) is 16.3. The molecule has 0 N–H and O–H groups in total. The third-order valence-electron chi connectivity index (χ3n) is 3.52. The minimum Gasteiger partial charge on any atom is -0.490 e. The number of likely N-dealkylation sites (tertiary alicyclic amines) is 1. The highest BCUT2D eigenvalue weighted by atomic mass is 79.9. The molecule has 0 aromatic heterocycles. The van der Waals surface area contributed by atoms with Crippen molar-refractivity contribution in [3.63, 3.8) is 0 Å². The van der Waals surface area contributed by atoms with Gasteiger partial charge in [0.1, 0.15) is 17.5 Å². The Hall–Kier alpha value is -1.23. The van der Waals surface area contributed by atoms with Crippen molar-refractivity contribution in [2.75, 3.05) is 13.1 Å². The van der Waals surface area contributed by atoms with Gasteiger partial charge in [-0.2, -0.15) is 0 Å². The van der Waals surface area contributed by atoms with Crippen LogP contribution in [0.1, 0.15) is 39.2 Å². The Morgan fingerprint density at radius 3 is 2.45 bits per heavy atom. The van der Waals surface area contributed by atoms with Gasteiger partial charge in [-0.15, -0.1) is 0 Å². The first-order valence-corrected chi connectivity index (χ1v) is 8.44. The summed E-state index contributed by atoms with van der Waals surface area (Å²) in [4.78, 5) is 13.8. The number of rotatable bonds is 2. The van der Waals surface area contributed by atoms with Crippen molar-refractivity contribution in [3.8, 4) is 5.75 Å². The van der Waals surface area contributed by atoms with E-state index < -0.39 is 5.60 Å². The van der Waals surface area contributed by atoms with E-state index in [1.54, 1.807) is 4.90 Å². The molecule has 0 saturated carbocycles. The van der Waals surface area contributed by atoms with E-state index in [2.05, 4.69) is 15.9 Å². The van der Waals surface area contributed by atoms with Gasteiger partial charge in [-0.25, -0.2) is 4.79 Å². The molecule has 0 aliphatic carbocycles. The van der Waals surface area contributed by atoms with Gasteiger partial charge in [-0.3, -0.25) is 0 Å². The number of carbonyl (C=O) groups is 1. The standard InChI is InChI=1S/C17H24BrNO3/c1-12-11-13(18)5-6-15(12)21-14-7-9-19(10-8-14)16(20)22-17(2,3)4/h5-6,11,14H,7-10H2,1-4H3. The zero-order valence-corrected chi connectivity index (χ0v) is 15.3. The molecule has 122 valence electrons. The number of aryl methyl sites for hydroxylation is 1.